The first-order valence-corrected chi connectivity index (χ1v) is 12.0. The highest BCUT2D eigenvalue weighted by Gasteiger charge is 2.31. The second kappa shape index (κ2) is 13.1. The molecule has 1 saturated heterocycles. The first-order chi connectivity index (χ1) is 16.5. The van der Waals surface area contributed by atoms with Gasteiger partial charge < -0.3 is 19.7 Å². The predicted molar refractivity (Wildman–Crippen MR) is 133 cm³/mol. The number of ether oxygens (including phenoxy) is 2. The first kappa shape index (κ1) is 25.7. The van der Waals surface area contributed by atoms with Crippen LogP contribution in [0.25, 0.3) is 0 Å². The minimum absolute atomic E-state index is 0.0416. The van der Waals surface area contributed by atoms with E-state index in [1.807, 2.05) is 68.4 Å². The lowest BCUT2D eigenvalue weighted by Crippen LogP contribution is -2.52. The van der Waals surface area contributed by atoms with Gasteiger partial charge in [-0.1, -0.05) is 56.3 Å². The van der Waals surface area contributed by atoms with Gasteiger partial charge in [0.15, 0.2) is 0 Å². The van der Waals surface area contributed by atoms with Crippen LogP contribution in [-0.4, -0.2) is 74.2 Å². The van der Waals surface area contributed by atoms with Crippen LogP contribution < -0.4 is 10.1 Å². The van der Waals surface area contributed by atoms with E-state index >= 15 is 0 Å². The SMILES string of the molecule is COc1ccc(CN(C(=O)C(C)C)[C@@H](Cc2ccccc2)C(=O)NCCN2CCOCC2)cc1. The fourth-order valence-electron chi connectivity index (χ4n) is 4.06. The van der Waals surface area contributed by atoms with Crippen molar-refractivity contribution >= 4 is 11.8 Å². The third-order valence-electron chi connectivity index (χ3n) is 6.07. The smallest absolute Gasteiger partial charge is 0.243 e. The monoisotopic (exact) mass is 467 g/mol. The molecule has 34 heavy (non-hydrogen) atoms. The standard InChI is InChI=1S/C27H37N3O4/c1-21(2)27(32)30(20-23-9-11-24(33-3)12-10-23)25(19-22-7-5-4-6-8-22)26(31)28-13-14-29-15-17-34-18-16-29/h4-12,21,25H,13-20H2,1-3H3,(H,28,31)/t25-/m0/s1. The lowest BCUT2D eigenvalue weighted by Gasteiger charge is -2.33. The molecule has 1 aliphatic heterocycles. The molecule has 0 radical (unpaired) electrons. The van der Waals surface area contributed by atoms with Gasteiger partial charge in [0.2, 0.25) is 11.8 Å². The molecule has 184 valence electrons. The van der Waals surface area contributed by atoms with E-state index in [1.165, 1.54) is 0 Å². The summed E-state index contributed by atoms with van der Waals surface area (Å²) in [6.07, 6.45) is 0.457. The molecule has 7 nitrogen and oxygen atoms in total. The predicted octanol–water partition coefficient (Wildman–Crippen LogP) is 2.74. The lowest BCUT2D eigenvalue weighted by molar-refractivity contribution is -0.143. The molecule has 1 aliphatic rings. The van der Waals surface area contributed by atoms with E-state index in [0.717, 1.165) is 49.7 Å². The number of methoxy groups -OCH3 is 1. The highest BCUT2D eigenvalue weighted by Crippen LogP contribution is 2.19. The molecule has 0 aliphatic carbocycles. The Morgan fingerprint density at radius 2 is 1.71 bits per heavy atom. The van der Waals surface area contributed by atoms with Crippen molar-refractivity contribution in [3.63, 3.8) is 0 Å². The molecule has 2 aromatic rings. The van der Waals surface area contributed by atoms with Crippen molar-refractivity contribution in [2.75, 3.05) is 46.5 Å². The summed E-state index contributed by atoms with van der Waals surface area (Å²) >= 11 is 0. The number of nitrogens with one attached hydrogen (secondary N) is 1. The topological polar surface area (TPSA) is 71.1 Å². The molecule has 1 fully saturated rings. The summed E-state index contributed by atoms with van der Waals surface area (Å²) in [5.41, 5.74) is 1.97. The van der Waals surface area contributed by atoms with E-state index in [-0.39, 0.29) is 17.7 Å². The molecule has 0 aromatic heterocycles. The second-order valence-electron chi connectivity index (χ2n) is 8.92. The van der Waals surface area contributed by atoms with E-state index in [0.29, 0.717) is 19.5 Å². The largest absolute Gasteiger partial charge is 0.497 e. The maximum Gasteiger partial charge on any atom is 0.243 e. The van der Waals surface area contributed by atoms with E-state index in [4.69, 9.17) is 9.47 Å². The summed E-state index contributed by atoms with van der Waals surface area (Å²) in [5, 5.41) is 3.09. The number of carbonyl (C=O) groups is 2. The fraction of sp³-hybridized carbons (Fsp3) is 0.481. The Hall–Kier alpha value is -2.90. The van der Waals surface area contributed by atoms with Crippen LogP contribution in [0.4, 0.5) is 0 Å². The van der Waals surface area contributed by atoms with Crippen LogP contribution in [0.15, 0.2) is 54.6 Å². The number of hydrogen-bond donors (Lipinski definition) is 1. The molecule has 3 rings (SSSR count). The molecule has 1 atom stereocenters. The molecular weight excluding hydrogens is 430 g/mol. The molecule has 7 heteroatoms. The van der Waals surface area contributed by atoms with Crippen LogP contribution >= 0.6 is 0 Å². The van der Waals surface area contributed by atoms with Gasteiger partial charge >= 0.3 is 0 Å². The number of rotatable bonds is 11. The Labute approximate surface area is 203 Å². The van der Waals surface area contributed by atoms with Gasteiger partial charge in [-0.25, -0.2) is 0 Å². The van der Waals surface area contributed by atoms with Crippen molar-refractivity contribution in [2.45, 2.75) is 32.9 Å². The minimum atomic E-state index is -0.607. The molecule has 2 aromatic carbocycles. The maximum atomic E-state index is 13.5. The minimum Gasteiger partial charge on any atom is -0.497 e. The highest BCUT2D eigenvalue weighted by molar-refractivity contribution is 5.88. The summed E-state index contributed by atoms with van der Waals surface area (Å²) in [7, 11) is 1.63. The van der Waals surface area contributed by atoms with Gasteiger partial charge in [-0.2, -0.15) is 0 Å². The van der Waals surface area contributed by atoms with E-state index in [2.05, 4.69) is 10.2 Å². The van der Waals surface area contributed by atoms with Crippen molar-refractivity contribution in [3.05, 3.63) is 65.7 Å². The van der Waals surface area contributed by atoms with Gasteiger partial charge in [0, 0.05) is 45.1 Å². The fourth-order valence-corrected chi connectivity index (χ4v) is 4.06. The van der Waals surface area contributed by atoms with Crippen molar-refractivity contribution in [3.8, 4) is 5.75 Å². The maximum absolute atomic E-state index is 13.5. The molecule has 1 N–H and O–H groups in total. The number of hydrogen-bond acceptors (Lipinski definition) is 5. The van der Waals surface area contributed by atoms with Gasteiger partial charge in [0.25, 0.3) is 0 Å². The van der Waals surface area contributed by atoms with Crippen LogP contribution in [-0.2, 0) is 27.3 Å². The van der Waals surface area contributed by atoms with Crippen LogP contribution in [0.3, 0.4) is 0 Å². The average molecular weight is 468 g/mol. The summed E-state index contributed by atoms with van der Waals surface area (Å²) in [6.45, 7) is 8.61. The second-order valence-corrected chi connectivity index (χ2v) is 8.92. The Kier molecular flexibility index (Phi) is 9.91. The van der Waals surface area contributed by atoms with Crippen molar-refractivity contribution in [1.29, 1.82) is 0 Å². The van der Waals surface area contributed by atoms with Crippen LogP contribution in [0.5, 0.6) is 5.75 Å². The molecule has 0 unspecified atom stereocenters. The molecule has 0 saturated carbocycles. The van der Waals surface area contributed by atoms with Crippen LogP contribution in [0.2, 0.25) is 0 Å². The van der Waals surface area contributed by atoms with Crippen LogP contribution in [0.1, 0.15) is 25.0 Å². The Balaban J connectivity index is 1.79. The summed E-state index contributed by atoms with van der Waals surface area (Å²) in [4.78, 5) is 30.8. The van der Waals surface area contributed by atoms with Gasteiger partial charge in [-0.05, 0) is 23.3 Å². The summed E-state index contributed by atoms with van der Waals surface area (Å²) < 4.78 is 10.7. The van der Waals surface area contributed by atoms with Crippen molar-refractivity contribution < 1.29 is 19.1 Å². The Morgan fingerprint density at radius 1 is 1.03 bits per heavy atom. The number of amides is 2. The zero-order valence-electron chi connectivity index (χ0n) is 20.5. The normalized spacial score (nSPS) is 15.1. The zero-order chi connectivity index (χ0) is 24.3. The Morgan fingerprint density at radius 3 is 2.32 bits per heavy atom. The van der Waals surface area contributed by atoms with Gasteiger partial charge in [-0.3, -0.25) is 14.5 Å². The zero-order valence-corrected chi connectivity index (χ0v) is 20.5. The number of benzene rings is 2. The first-order valence-electron chi connectivity index (χ1n) is 12.0. The van der Waals surface area contributed by atoms with Crippen molar-refractivity contribution in [1.82, 2.24) is 15.1 Å². The van der Waals surface area contributed by atoms with E-state index in [9.17, 15) is 9.59 Å². The van der Waals surface area contributed by atoms with Crippen molar-refractivity contribution in [2.24, 2.45) is 5.92 Å². The number of nitrogens with zero attached hydrogens (tertiary/aromatic N) is 2. The number of morpholine rings is 1. The van der Waals surface area contributed by atoms with Crippen LogP contribution in [0, 0.1) is 5.92 Å². The number of carbonyl (C=O) groups excluding carboxylic acids is 2. The van der Waals surface area contributed by atoms with E-state index < -0.39 is 6.04 Å². The molecule has 1 heterocycles. The summed E-state index contributed by atoms with van der Waals surface area (Å²) in [6, 6.07) is 16.9. The quantitative estimate of drug-likeness (QED) is 0.550. The Bertz CT molecular complexity index is 896. The highest BCUT2D eigenvalue weighted by atomic mass is 16.5. The van der Waals surface area contributed by atoms with E-state index in [1.54, 1.807) is 12.0 Å². The third-order valence-corrected chi connectivity index (χ3v) is 6.07. The van der Waals surface area contributed by atoms with Gasteiger partial charge in [-0.15, -0.1) is 0 Å². The third kappa shape index (κ3) is 7.57. The summed E-state index contributed by atoms with van der Waals surface area (Å²) in [5.74, 6) is 0.365. The lowest BCUT2D eigenvalue weighted by atomic mass is 10.0. The molecule has 2 amide bonds. The average Bonchev–Trinajstić information content (AvgIpc) is 2.87. The molecule has 0 spiro atoms. The van der Waals surface area contributed by atoms with Gasteiger partial charge in [0.05, 0.1) is 20.3 Å². The molecular formula is C27H37N3O4. The van der Waals surface area contributed by atoms with Gasteiger partial charge in [0.1, 0.15) is 11.8 Å². The molecule has 0 bridgehead atoms.